The van der Waals surface area contributed by atoms with E-state index in [1.807, 2.05) is 0 Å². The van der Waals surface area contributed by atoms with Crippen molar-refractivity contribution < 1.29 is 23.5 Å². The number of rotatable bonds is 4. The average molecular weight is 302 g/mol. The van der Waals surface area contributed by atoms with Gasteiger partial charge in [0.15, 0.2) is 6.10 Å². The van der Waals surface area contributed by atoms with Gasteiger partial charge in [-0.1, -0.05) is 0 Å². The maximum atomic E-state index is 11.9. The summed E-state index contributed by atoms with van der Waals surface area (Å²) in [6.07, 6.45) is 4.08. The summed E-state index contributed by atoms with van der Waals surface area (Å²) in [5.74, 6) is -1.04. The van der Waals surface area contributed by atoms with Crippen LogP contribution in [0.25, 0.3) is 11.0 Å². The van der Waals surface area contributed by atoms with Gasteiger partial charge in [-0.25, -0.2) is 4.79 Å². The third-order valence-electron chi connectivity index (χ3n) is 4.04. The average Bonchev–Trinajstić information content (AvgIpc) is 3.10. The summed E-state index contributed by atoms with van der Waals surface area (Å²) >= 11 is 0. The first kappa shape index (κ1) is 14.6. The number of carbonyl (C=O) groups excluding carboxylic acids is 2. The molecule has 22 heavy (non-hydrogen) atoms. The number of ether oxygens (including phenoxy) is 2. The van der Waals surface area contributed by atoms with E-state index in [-0.39, 0.29) is 6.42 Å². The summed E-state index contributed by atoms with van der Waals surface area (Å²) in [6, 6.07) is 4.16. The number of furan rings is 1. The van der Waals surface area contributed by atoms with Crippen LogP contribution in [0.4, 0.5) is 0 Å². The molecule has 1 aliphatic carbocycles. The van der Waals surface area contributed by atoms with Gasteiger partial charge in [-0.2, -0.15) is 0 Å². The molecule has 116 valence electrons. The number of fused-ring (bicyclic) bond motifs is 2. The summed E-state index contributed by atoms with van der Waals surface area (Å²) in [5.41, 5.74) is 4.23. The summed E-state index contributed by atoms with van der Waals surface area (Å²) in [4.78, 5) is 23.2. The number of carbonyl (C=O) groups is 2. The second kappa shape index (κ2) is 5.83. The van der Waals surface area contributed by atoms with Crippen LogP contribution in [0.2, 0.25) is 0 Å². The molecule has 0 spiro atoms. The first-order valence-electron chi connectivity index (χ1n) is 7.37. The fourth-order valence-electron chi connectivity index (χ4n) is 2.89. The van der Waals surface area contributed by atoms with Crippen molar-refractivity contribution in [1.82, 2.24) is 0 Å². The molecule has 1 heterocycles. The normalized spacial score (nSPS) is 14.6. The van der Waals surface area contributed by atoms with Crippen LogP contribution >= 0.6 is 0 Å². The number of aryl methyl sites for hydroxylation is 2. The molecule has 1 aromatic heterocycles. The van der Waals surface area contributed by atoms with Gasteiger partial charge < -0.3 is 13.9 Å². The van der Waals surface area contributed by atoms with E-state index < -0.39 is 18.0 Å². The Morgan fingerprint density at radius 3 is 2.73 bits per heavy atom. The zero-order chi connectivity index (χ0) is 15.7. The Kier molecular flexibility index (Phi) is 3.88. The molecule has 1 aromatic carbocycles. The monoisotopic (exact) mass is 302 g/mol. The fraction of sp³-hybridized carbons (Fsp3) is 0.412. The van der Waals surface area contributed by atoms with Gasteiger partial charge in [0, 0.05) is 10.9 Å². The maximum Gasteiger partial charge on any atom is 0.346 e. The Hall–Kier alpha value is -2.30. The summed E-state index contributed by atoms with van der Waals surface area (Å²) in [7, 11) is 1.26. The molecule has 0 unspecified atom stereocenters. The van der Waals surface area contributed by atoms with Gasteiger partial charge >= 0.3 is 11.9 Å². The summed E-state index contributed by atoms with van der Waals surface area (Å²) in [5, 5.41) is 0.948. The van der Waals surface area contributed by atoms with Gasteiger partial charge in [-0.3, -0.25) is 4.79 Å². The van der Waals surface area contributed by atoms with Crippen molar-refractivity contribution >= 4 is 22.9 Å². The van der Waals surface area contributed by atoms with Crippen LogP contribution in [-0.4, -0.2) is 25.2 Å². The molecule has 1 aliphatic rings. The Balaban J connectivity index is 1.77. The second-order valence-corrected chi connectivity index (χ2v) is 5.56. The number of benzene rings is 1. The van der Waals surface area contributed by atoms with E-state index in [2.05, 4.69) is 16.9 Å². The highest BCUT2D eigenvalue weighted by Crippen LogP contribution is 2.30. The minimum Gasteiger partial charge on any atom is -0.466 e. The molecule has 3 rings (SSSR count). The lowest BCUT2D eigenvalue weighted by molar-refractivity contribution is -0.164. The topological polar surface area (TPSA) is 65.7 Å². The maximum absolute atomic E-state index is 11.9. The van der Waals surface area contributed by atoms with Gasteiger partial charge in [0.1, 0.15) is 5.58 Å². The van der Waals surface area contributed by atoms with Crippen LogP contribution in [0.5, 0.6) is 0 Å². The van der Waals surface area contributed by atoms with Gasteiger partial charge in [-0.15, -0.1) is 0 Å². The molecule has 0 amide bonds. The van der Waals surface area contributed by atoms with Crippen LogP contribution in [-0.2, 0) is 38.3 Å². The highest BCUT2D eigenvalue weighted by Gasteiger charge is 2.21. The van der Waals surface area contributed by atoms with Crippen molar-refractivity contribution in [3.63, 3.8) is 0 Å². The van der Waals surface area contributed by atoms with Crippen LogP contribution in [0.3, 0.4) is 0 Å². The molecule has 1 atom stereocenters. The Bertz CT molecular complexity index is 728. The summed E-state index contributed by atoms with van der Waals surface area (Å²) in [6.45, 7) is 1.49. The number of hydrogen-bond acceptors (Lipinski definition) is 5. The van der Waals surface area contributed by atoms with E-state index in [4.69, 9.17) is 9.15 Å². The quantitative estimate of drug-likeness (QED) is 0.812. The lowest BCUT2D eigenvalue weighted by atomic mass is 10.0. The number of hydrogen-bond donors (Lipinski definition) is 0. The van der Waals surface area contributed by atoms with E-state index in [1.165, 1.54) is 25.2 Å². The molecular formula is C17H18O5. The highest BCUT2D eigenvalue weighted by atomic mass is 16.6. The SMILES string of the molecule is COC(=O)[C@@H](C)OC(=O)Cc1coc2cc3c(cc12)CCC3. The molecule has 0 radical (unpaired) electrons. The van der Waals surface area contributed by atoms with E-state index in [9.17, 15) is 9.59 Å². The number of esters is 2. The van der Waals surface area contributed by atoms with Crippen molar-refractivity contribution in [3.8, 4) is 0 Å². The molecule has 0 N–H and O–H groups in total. The van der Waals surface area contributed by atoms with E-state index >= 15 is 0 Å². The van der Waals surface area contributed by atoms with Crippen molar-refractivity contribution in [2.24, 2.45) is 0 Å². The molecule has 0 fully saturated rings. The third kappa shape index (κ3) is 2.71. The zero-order valence-electron chi connectivity index (χ0n) is 12.7. The van der Waals surface area contributed by atoms with Gasteiger partial charge in [0.2, 0.25) is 0 Å². The van der Waals surface area contributed by atoms with Crippen LogP contribution in [0.1, 0.15) is 30.0 Å². The van der Waals surface area contributed by atoms with Gasteiger partial charge in [0.05, 0.1) is 19.8 Å². The lowest BCUT2D eigenvalue weighted by Gasteiger charge is -2.10. The Morgan fingerprint density at radius 1 is 1.27 bits per heavy atom. The van der Waals surface area contributed by atoms with E-state index in [0.717, 1.165) is 35.8 Å². The van der Waals surface area contributed by atoms with Crippen LogP contribution in [0.15, 0.2) is 22.8 Å². The minimum absolute atomic E-state index is 0.0765. The predicted molar refractivity (Wildman–Crippen MR) is 79.5 cm³/mol. The summed E-state index contributed by atoms with van der Waals surface area (Å²) < 4.78 is 15.1. The molecular weight excluding hydrogens is 284 g/mol. The highest BCUT2D eigenvalue weighted by molar-refractivity contribution is 5.88. The van der Waals surface area contributed by atoms with Gasteiger partial charge in [0.25, 0.3) is 0 Å². The Labute approximate surface area is 128 Å². The van der Waals surface area contributed by atoms with Crippen molar-refractivity contribution in [1.29, 1.82) is 0 Å². The zero-order valence-corrected chi connectivity index (χ0v) is 12.7. The van der Waals surface area contributed by atoms with Crippen LogP contribution < -0.4 is 0 Å². The minimum atomic E-state index is -0.903. The lowest BCUT2D eigenvalue weighted by Crippen LogP contribution is -2.26. The first-order chi connectivity index (χ1) is 10.6. The van der Waals surface area contributed by atoms with E-state index in [0.29, 0.717) is 0 Å². The Morgan fingerprint density at radius 2 is 2.00 bits per heavy atom. The second-order valence-electron chi connectivity index (χ2n) is 5.56. The van der Waals surface area contributed by atoms with Crippen molar-refractivity contribution in [2.75, 3.05) is 7.11 Å². The van der Waals surface area contributed by atoms with Gasteiger partial charge in [-0.05, 0) is 49.4 Å². The smallest absolute Gasteiger partial charge is 0.346 e. The third-order valence-corrected chi connectivity index (χ3v) is 4.04. The molecule has 2 aromatic rings. The van der Waals surface area contributed by atoms with Crippen molar-refractivity contribution in [2.45, 2.75) is 38.7 Å². The molecule has 5 heteroatoms. The fourth-order valence-corrected chi connectivity index (χ4v) is 2.89. The van der Waals surface area contributed by atoms with Crippen molar-refractivity contribution in [3.05, 3.63) is 35.1 Å². The standard InChI is InChI=1S/C17H18O5/c1-10(17(19)20-2)22-16(18)8-13-9-21-15-7-12-5-3-4-11(12)6-14(13)15/h6-7,9-10H,3-5,8H2,1-2H3/t10-/m1/s1. The molecule has 0 bridgehead atoms. The molecule has 5 nitrogen and oxygen atoms in total. The van der Waals surface area contributed by atoms with E-state index in [1.54, 1.807) is 6.26 Å². The predicted octanol–water partition coefficient (Wildman–Crippen LogP) is 2.57. The molecule has 0 aliphatic heterocycles. The largest absolute Gasteiger partial charge is 0.466 e. The molecule has 0 saturated heterocycles. The first-order valence-corrected chi connectivity index (χ1v) is 7.37. The number of methoxy groups -OCH3 is 1. The van der Waals surface area contributed by atoms with Crippen LogP contribution in [0, 0.1) is 0 Å². The molecule has 0 saturated carbocycles.